The quantitative estimate of drug-likeness (QED) is 0.348. The molecule has 146 valence electrons. The summed E-state index contributed by atoms with van der Waals surface area (Å²) in [5.41, 5.74) is 0. The maximum atomic E-state index is 11.7. The molecule has 0 saturated carbocycles. The average molecular weight is 389 g/mol. The summed E-state index contributed by atoms with van der Waals surface area (Å²) in [6.07, 6.45) is 9.65. The van der Waals surface area contributed by atoms with Gasteiger partial charge in [0.1, 0.15) is 0 Å². The Morgan fingerprint density at radius 1 is 0.920 bits per heavy atom. The Morgan fingerprint density at radius 3 is 2.04 bits per heavy atom. The molecule has 0 bridgehead atoms. The number of halogens is 1. The second kappa shape index (κ2) is 12.2. The topological polar surface area (TPSA) is 40.5 Å². The highest BCUT2D eigenvalue weighted by atomic mass is 35.5. The van der Waals surface area contributed by atoms with Gasteiger partial charge in [-0.05, 0) is 44.0 Å². The highest BCUT2D eigenvalue weighted by Gasteiger charge is 2.35. The van der Waals surface area contributed by atoms with Crippen molar-refractivity contribution in [2.75, 3.05) is 5.75 Å². The number of rotatable bonds is 13. The molecule has 0 fully saturated rings. The molecule has 0 heterocycles. The molecule has 2 nitrogen and oxygen atoms in total. The smallest absolute Gasteiger partial charge is 0.0639 e. The van der Waals surface area contributed by atoms with Crippen molar-refractivity contribution in [3.05, 3.63) is 29.3 Å². The molecule has 0 aliphatic rings. The van der Waals surface area contributed by atoms with Crippen molar-refractivity contribution < 1.29 is 9.66 Å². The summed E-state index contributed by atoms with van der Waals surface area (Å²) in [6, 6.07) is 7.62. The summed E-state index contributed by atoms with van der Waals surface area (Å²) in [5.74, 6) is 0.771. The van der Waals surface area contributed by atoms with Gasteiger partial charge in [0.25, 0.3) is 0 Å². The van der Waals surface area contributed by atoms with Crippen LogP contribution in [0.4, 0.5) is 0 Å². The third-order valence-electron chi connectivity index (χ3n) is 4.91. The molecule has 0 aromatic heterocycles. The number of unbranched alkanes of at least 4 members (excludes halogenated alkanes) is 6. The molecule has 1 rings (SSSR count). The van der Waals surface area contributed by atoms with Gasteiger partial charge in [-0.15, -0.1) is 10.3 Å². The third kappa shape index (κ3) is 7.50. The van der Waals surface area contributed by atoms with Crippen molar-refractivity contribution in [1.29, 1.82) is 0 Å². The maximum absolute atomic E-state index is 11.7. The maximum Gasteiger partial charge on any atom is 0.0639 e. The molecule has 0 spiro atoms. The summed E-state index contributed by atoms with van der Waals surface area (Å²) < 4.78 is 11.7. The Kier molecular flexibility index (Phi) is 11.2. The predicted octanol–water partition coefficient (Wildman–Crippen LogP) is 7.28. The Balaban J connectivity index is 2.93. The van der Waals surface area contributed by atoms with Crippen LogP contribution in [0, 0.1) is 0 Å². The van der Waals surface area contributed by atoms with Crippen LogP contribution in [0.25, 0.3) is 0 Å². The van der Waals surface area contributed by atoms with Crippen LogP contribution < -0.4 is 0 Å². The fourth-order valence-electron chi connectivity index (χ4n) is 3.40. The lowest BCUT2D eigenvalue weighted by molar-refractivity contribution is 0.182. The largest absolute Gasteiger partial charge is 0.392 e. The van der Waals surface area contributed by atoms with Crippen LogP contribution in [0.15, 0.2) is 29.2 Å². The van der Waals surface area contributed by atoms with Crippen molar-refractivity contribution in [2.45, 2.75) is 94.8 Å². The van der Waals surface area contributed by atoms with Gasteiger partial charge in [0.2, 0.25) is 0 Å². The molecule has 0 radical (unpaired) electrons. The molecule has 0 aliphatic carbocycles. The molecule has 4 heteroatoms. The SMILES string of the molecule is CCCCCCCC(C(C)O)S(O)(CCCCC)c1ccc(Cl)cc1. The standard InChI is InChI=1S/C21H37ClO2S/c1-4-6-8-9-10-12-21(18(3)23)25(24,17-11-7-5-2)20-15-13-19(22)14-16-20/h13-16,18,21,23-24H,4-12,17H2,1-3H3. The van der Waals surface area contributed by atoms with Crippen LogP contribution >= 0.6 is 21.9 Å². The zero-order chi connectivity index (χ0) is 18.7. The Morgan fingerprint density at radius 2 is 1.48 bits per heavy atom. The first-order valence-corrected chi connectivity index (χ1v) is 12.1. The molecule has 2 N–H and O–H groups in total. The van der Waals surface area contributed by atoms with Gasteiger partial charge >= 0.3 is 0 Å². The highest BCUT2D eigenvalue weighted by molar-refractivity contribution is 8.29. The van der Waals surface area contributed by atoms with Gasteiger partial charge in [-0.3, -0.25) is 0 Å². The molecular weight excluding hydrogens is 352 g/mol. The first-order valence-electron chi connectivity index (χ1n) is 9.91. The first kappa shape index (κ1) is 22.8. The van der Waals surface area contributed by atoms with Crippen LogP contribution in [-0.4, -0.2) is 26.8 Å². The normalized spacial score (nSPS) is 17.7. The summed E-state index contributed by atoms with van der Waals surface area (Å²) in [7, 11) is -2.05. The molecule has 0 aliphatic heterocycles. The van der Waals surface area contributed by atoms with Crippen LogP contribution in [0.5, 0.6) is 0 Å². The van der Waals surface area contributed by atoms with Crippen LogP contribution in [0.2, 0.25) is 5.02 Å². The second-order valence-electron chi connectivity index (χ2n) is 7.10. The van der Waals surface area contributed by atoms with E-state index >= 15 is 0 Å². The first-order chi connectivity index (χ1) is 12.0. The van der Waals surface area contributed by atoms with E-state index in [4.69, 9.17) is 11.6 Å². The molecule has 0 saturated heterocycles. The lowest BCUT2D eigenvalue weighted by Gasteiger charge is -2.43. The minimum absolute atomic E-state index is 0.0628. The molecule has 3 atom stereocenters. The lowest BCUT2D eigenvalue weighted by Crippen LogP contribution is -2.31. The van der Waals surface area contributed by atoms with Gasteiger partial charge in [0.05, 0.1) is 6.10 Å². The summed E-state index contributed by atoms with van der Waals surface area (Å²) >= 11 is 6.04. The van der Waals surface area contributed by atoms with Crippen LogP contribution in [-0.2, 0) is 0 Å². The zero-order valence-corrected chi connectivity index (χ0v) is 17.8. The van der Waals surface area contributed by atoms with Crippen molar-refractivity contribution in [2.24, 2.45) is 0 Å². The minimum atomic E-state index is -2.05. The monoisotopic (exact) mass is 388 g/mol. The van der Waals surface area contributed by atoms with Crippen LogP contribution in [0.1, 0.15) is 78.6 Å². The van der Waals surface area contributed by atoms with E-state index in [9.17, 15) is 9.66 Å². The number of benzene rings is 1. The summed E-state index contributed by atoms with van der Waals surface area (Å²) in [4.78, 5) is 0.965. The van der Waals surface area contributed by atoms with Crippen molar-refractivity contribution in [3.8, 4) is 0 Å². The number of hydrogen-bond donors (Lipinski definition) is 2. The Bertz CT molecular complexity index is 463. The van der Waals surface area contributed by atoms with Crippen molar-refractivity contribution >= 4 is 21.9 Å². The average Bonchev–Trinajstić information content (AvgIpc) is 2.58. The van der Waals surface area contributed by atoms with Crippen LogP contribution in [0.3, 0.4) is 0 Å². The lowest BCUT2D eigenvalue weighted by atomic mass is 10.1. The molecule has 3 unspecified atom stereocenters. The van der Waals surface area contributed by atoms with Gasteiger partial charge in [0.15, 0.2) is 0 Å². The van der Waals surface area contributed by atoms with Gasteiger partial charge < -0.3 is 9.66 Å². The van der Waals surface area contributed by atoms with Gasteiger partial charge in [-0.25, -0.2) is 0 Å². The zero-order valence-electron chi connectivity index (χ0n) is 16.2. The fourth-order valence-corrected chi connectivity index (χ4v) is 6.87. The Hall–Kier alpha value is -0.220. The van der Waals surface area contributed by atoms with E-state index < -0.39 is 16.4 Å². The van der Waals surface area contributed by atoms with E-state index in [1.165, 1.54) is 25.7 Å². The number of aliphatic hydroxyl groups excluding tert-OH is 1. The molecular formula is C21H37ClO2S. The molecule has 0 amide bonds. The third-order valence-corrected chi connectivity index (χ3v) is 8.79. The fraction of sp³-hybridized carbons (Fsp3) is 0.714. The molecule has 1 aromatic carbocycles. The van der Waals surface area contributed by atoms with Gasteiger partial charge in [-0.2, -0.15) is 0 Å². The van der Waals surface area contributed by atoms with E-state index in [0.29, 0.717) is 5.02 Å². The van der Waals surface area contributed by atoms with E-state index in [1.807, 2.05) is 31.2 Å². The van der Waals surface area contributed by atoms with Gasteiger partial charge in [0, 0.05) is 20.9 Å². The minimum Gasteiger partial charge on any atom is -0.392 e. The highest BCUT2D eigenvalue weighted by Crippen LogP contribution is 2.59. The molecule has 1 aromatic rings. The predicted molar refractivity (Wildman–Crippen MR) is 113 cm³/mol. The Labute approximate surface area is 161 Å². The van der Waals surface area contributed by atoms with E-state index in [0.717, 1.165) is 42.8 Å². The summed E-state index contributed by atoms with van der Waals surface area (Å²) in [5, 5.41) is 11.1. The number of aliphatic hydroxyl groups is 1. The van der Waals surface area contributed by atoms with E-state index in [2.05, 4.69) is 13.8 Å². The van der Waals surface area contributed by atoms with E-state index in [1.54, 1.807) is 0 Å². The van der Waals surface area contributed by atoms with Crippen molar-refractivity contribution in [1.82, 2.24) is 0 Å². The van der Waals surface area contributed by atoms with E-state index in [-0.39, 0.29) is 5.25 Å². The summed E-state index contributed by atoms with van der Waals surface area (Å²) in [6.45, 7) is 6.23. The number of hydrogen-bond acceptors (Lipinski definition) is 2. The van der Waals surface area contributed by atoms with Gasteiger partial charge in [-0.1, -0.05) is 70.4 Å². The van der Waals surface area contributed by atoms with Crippen molar-refractivity contribution in [3.63, 3.8) is 0 Å². The molecule has 25 heavy (non-hydrogen) atoms. The second-order valence-corrected chi connectivity index (χ2v) is 10.5.